The van der Waals surface area contributed by atoms with Crippen LogP contribution in [0.25, 0.3) is 0 Å². The number of amides is 1. The average molecular weight is 492 g/mol. The van der Waals surface area contributed by atoms with E-state index in [0.717, 1.165) is 17.7 Å². The molecule has 0 saturated heterocycles. The lowest BCUT2D eigenvalue weighted by Crippen LogP contribution is -2.36. The highest BCUT2D eigenvalue weighted by Gasteiger charge is 2.29. The highest BCUT2D eigenvalue weighted by atomic mass is 127. The normalized spacial score (nSPS) is 11.5. The van der Waals surface area contributed by atoms with Crippen LogP contribution >= 0.6 is 24.0 Å². The number of alkyl halides is 3. The first kappa shape index (κ1) is 22.7. The number of rotatable bonds is 5. The first-order valence-corrected chi connectivity index (χ1v) is 7.79. The van der Waals surface area contributed by atoms with Crippen molar-refractivity contribution in [3.05, 3.63) is 70.8 Å². The van der Waals surface area contributed by atoms with Crippen molar-refractivity contribution in [3.8, 4) is 0 Å². The third kappa shape index (κ3) is 7.08. The van der Waals surface area contributed by atoms with Crippen molar-refractivity contribution in [2.24, 2.45) is 10.7 Å². The molecule has 0 fully saturated rings. The summed E-state index contributed by atoms with van der Waals surface area (Å²) in [7, 11) is 1.60. The third-order valence-corrected chi connectivity index (χ3v) is 3.66. The Hall–Kier alpha value is -2.30. The number of primary amides is 1. The van der Waals surface area contributed by atoms with E-state index in [4.69, 9.17) is 5.73 Å². The largest absolute Gasteiger partial charge is 0.416 e. The van der Waals surface area contributed by atoms with Gasteiger partial charge in [0.1, 0.15) is 0 Å². The van der Waals surface area contributed by atoms with Crippen LogP contribution in [0.15, 0.2) is 53.5 Å². The molecule has 1 amide bonds. The van der Waals surface area contributed by atoms with Crippen LogP contribution in [0.1, 0.15) is 27.0 Å². The van der Waals surface area contributed by atoms with Crippen molar-refractivity contribution in [3.63, 3.8) is 0 Å². The Morgan fingerprint density at radius 2 is 1.41 bits per heavy atom. The molecule has 4 N–H and O–H groups in total. The van der Waals surface area contributed by atoms with Crippen molar-refractivity contribution in [1.82, 2.24) is 10.6 Å². The maximum atomic E-state index is 12.5. The Kier molecular flexibility index (Phi) is 8.54. The predicted octanol–water partition coefficient (Wildman–Crippen LogP) is 3.29. The summed E-state index contributed by atoms with van der Waals surface area (Å²) in [4.78, 5) is 15.1. The summed E-state index contributed by atoms with van der Waals surface area (Å²) in [5.74, 6) is 0.0161. The van der Waals surface area contributed by atoms with Gasteiger partial charge < -0.3 is 16.4 Å². The minimum Gasteiger partial charge on any atom is -0.366 e. The van der Waals surface area contributed by atoms with E-state index >= 15 is 0 Å². The number of nitrogens with zero attached hydrogens (tertiary/aromatic N) is 1. The van der Waals surface area contributed by atoms with E-state index in [1.165, 1.54) is 12.1 Å². The molecule has 0 saturated carbocycles. The molecule has 0 aliphatic heterocycles. The first-order chi connectivity index (χ1) is 12.3. The standard InChI is InChI=1S/C18H19F3N4O.HI/c1-23-17(24-10-12-2-6-14(7-3-12)16(22)26)25-11-13-4-8-15(9-5-13)18(19,20)21;/h2-9H,10-11H2,1H3,(H2,22,26)(H2,23,24,25);1H. The molecule has 5 nitrogen and oxygen atoms in total. The number of nitrogens with one attached hydrogen (secondary N) is 2. The number of guanidine groups is 1. The summed E-state index contributed by atoms with van der Waals surface area (Å²) < 4.78 is 37.6. The minimum absolute atomic E-state index is 0. The quantitative estimate of drug-likeness (QED) is 0.341. The van der Waals surface area contributed by atoms with Crippen LogP contribution in [0, 0.1) is 0 Å². The fourth-order valence-electron chi connectivity index (χ4n) is 2.19. The summed E-state index contributed by atoms with van der Waals surface area (Å²) in [5, 5.41) is 6.11. The fourth-order valence-corrected chi connectivity index (χ4v) is 2.19. The molecule has 0 aliphatic rings. The van der Waals surface area contributed by atoms with Crippen molar-refractivity contribution in [2.75, 3.05) is 7.05 Å². The van der Waals surface area contributed by atoms with E-state index in [-0.39, 0.29) is 24.0 Å². The molecule has 2 rings (SSSR count). The second kappa shape index (κ2) is 10.1. The number of carbonyl (C=O) groups excluding carboxylic acids is 1. The molecule has 2 aromatic rings. The molecule has 0 aromatic heterocycles. The molecule has 0 bridgehead atoms. The first-order valence-electron chi connectivity index (χ1n) is 7.79. The molecule has 0 heterocycles. The maximum absolute atomic E-state index is 12.5. The van der Waals surface area contributed by atoms with E-state index in [1.54, 1.807) is 31.3 Å². The summed E-state index contributed by atoms with van der Waals surface area (Å²) in [6.45, 7) is 0.796. The summed E-state index contributed by atoms with van der Waals surface area (Å²) in [5.41, 5.74) is 6.57. The zero-order valence-corrected chi connectivity index (χ0v) is 16.8. The topological polar surface area (TPSA) is 79.5 Å². The van der Waals surface area contributed by atoms with E-state index in [0.29, 0.717) is 30.2 Å². The lowest BCUT2D eigenvalue weighted by Gasteiger charge is -2.13. The van der Waals surface area contributed by atoms with Gasteiger partial charge in [0.2, 0.25) is 5.91 Å². The van der Waals surface area contributed by atoms with Gasteiger partial charge >= 0.3 is 6.18 Å². The van der Waals surface area contributed by atoms with Gasteiger partial charge in [0.15, 0.2) is 5.96 Å². The van der Waals surface area contributed by atoms with Crippen molar-refractivity contribution < 1.29 is 18.0 Å². The summed E-state index contributed by atoms with van der Waals surface area (Å²) in [6, 6.07) is 11.8. The predicted molar refractivity (Wildman–Crippen MR) is 109 cm³/mol. The number of benzene rings is 2. The number of carbonyl (C=O) groups is 1. The number of halogens is 4. The number of nitrogens with two attached hydrogens (primary N) is 1. The van der Waals surface area contributed by atoms with Crippen LogP contribution in [0.5, 0.6) is 0 Å². The molecule has 0 aliphatic carbocycles. The van der Waals surface area contributed by atoms with Crippen molar-refractivity contribution in [2.45, 2.75) is 19.3 Å². The van der Waals surface area contributed by atoms with Gasteiger partial charge in [-0.05, 0) is 35.4 Å². The van der Waals surface area contributed by atoms with Crippen molar-refractivity contribution >= 4 is 35.8 Å². The second-order valence-electron chi connectivity index (χ2n) is 5.54. The Balaban J connectivity index is 0.00000364. The SMILES string of the molecule is CN=C(NCc1ccc(C(N)=O)cc1)NCc1ccc(C(F)(F)F)cc1.I. The van der Waals surface area contributed by atoms with Crippen molar-refractivity contribution in [1.29, 1.82) is 0 Å². The van der Waals surface area contributed by atoms with Gasteiger partial charge in [0, 0.05) is 25.7 Å². The van der Waals surface area contributed by atoms with Gasteiger partial charge in [-0.15, -0.1) is 24.0 Å². The number of hydrogen-bond donors (Lipinski definition) is 3. The molecule has 0 atom stereocenters. The Morgan fingerprint density at radius 1 is 0.963 bits per heavy atom. The van der Waals surface area contributed by atoms with Gasteiger partial charge in [-0.1, -0.05) is 24.3 Å². The Labute approximate surface area is 172 Å². The van der Waals surface area contributed by atoms with Gasteiger partial charge in [-0.3, -0.25) is 9.79 Å². The molecule has 0 unspecified atom stereocenters. The van der Waals surface area contributed by atoms with Crippen LogP contribution in [-0.4, -0.2) is 18.9 Å². The van der Waals surface area contributed by atoms with Gasteiger partial charge in [-0.25, -0.2) is 0 Å². The van der Waals surface area contributed by atoms with Gasteiger partial charge in [0.05, 0.1) is 5.56 Å². The Morgan fingerprint density at radius 3 is 1.78 bits per heavy atom. The van der Waals surface area contributed by atoms with E-state index in [2.05, 4.69) is 15.6 Å². The number of aliphatic imine (C=N–C) groups is 1. The molecule has 0 radical (unpaired) electrons. The highest BCUT2D eigenvalue weighted by molar-refractivity contribution is 14.0. The van der Waals surface area contributed by atoms with Crippen LogP contribution in [0.2, 0.25) is 0 Å². The molecule has 9 heteroatoms. The minimum atomic E-state index is -4.34. The molecule has 2 aromatic carbocycles. The Bertz CT molecular complexity index is 775. The molecule has 146 valence electrons. The zero-order chi connectivity index (χ0) is 19.2. The lowest BCUT2D eigenvalue weighted by atomic mass is 10.1. The van der Waals surface area contributed by atoms with Crippen LogP contribution in [0.3, 0.4) is 0 Å². The molecular formula is C18H20F3IN4O. The summed E-state index contributed by atoms with van der Waals surface area (Å²) in [6.07, 6.45) is -4.34. The molecular weight excluding hydrogens is 472 g/mol. The summed E-state index contributed by atoms with van der Waals surface area (Å²) >= 11 is 0. The average Bonchev–Trinajstić information content (AvgIpc) is 2.62. The molecule has 27 heavy (non-hydrogen) atoms. The van der Waals surface area contributed by atoms with E-state index in [9.17, 15) is 18.0 Å². The number of hydrogen-bond acceptors (Lipinski definition) is 2. The fraction of sp³-hybridized carbons (Fsp3) is 0.222. The van der Waals surface area contributed by atoms with Crippen LogP contribution < -0.4 is 16.4 Å². The third-order valence-electron chi connectivity index (χ3n) is 3.66. The second-order valence-corrected chi connectivity index (χ2v) is 5.54. The van der Waals surface area contributed by atoms with Gasteiger partial charge in [-0.2, -0.15) is 13.2 Å². The lowest BCUT2D eigenvalue weighted by molar-refractivity contribution is -0.137. The monoisotopic (exact) mass is 492 g/mol. The highest BCUT2D eigenvalue weighted by Crippen LogP contribution is 2.29. The van der Waals surface area contributed by atoms with Crippen LogP contribution in [-0.2, 0) is 19.3 Å². The zero-order valence-electron chi connectivity index (χ0n) is 14.5. The maximum Gasteiger partial charge on any atom is 0.416 e. The van der Waals surface area contributed by atoms with E-state index < -0.39 is 17.6 Å². The van der Waals surface area contributed by atoms with Crippen LogP contribution in [0.4, 0.5) is 13.2 Å². The van der Waals surface area contributed by atoms with E-state index in [1.807, 2.05) is 0 Å². The molecule has 0 spiro atoms. The van der Waals surface area contributed by atoms with Gasteiger partial charge in [0.25, 0.3) is 0 Å². The smallest absolute Gasteiger partial charge is 0.366 e.